The lowest BCUT2D eigenvalue weighted by atomic mass is 10.0. The number of hydrogen-bond acceptors (Lipinski definition) is 12. The summed E-state index contributed by atoms with van der Waals surface area (Å²) in [7, 11) is -9.77. The number of allylic oxidation sites excluding steroid dienone is 5. The molecule has 0 spiro atoms. The van der Waals surface area contributed by atoms with Gasteiger partial charge >= 0.3 is 27.6 Å². The normalized spacial score (nSPS) is 15.6. The van der Waals surface area contributed by atoms with Gasteiger partial charge in [-0.3, -0.25) is 23.2 Å². The second-order valence-corrected chi connectivity index (χ2v) is 18.2. The van der Waals surface area contributed by atoms with Crippen molar-refractivity contribution in [3.05, 3.63) is 48.6 Å². The van der Waals surface area contributed by atoms with Gasteiger partial charge in [-0.25, -0.2) is 9.13 Å². The number of rotatable bonds is 40. The van der Waals surface area contributed by atoms with E-state index < -0.39 is 78.4 Å². The molecule has 0 radical (unpaired) electrons. The molecular formula is C43H78O15P2. The van der Waals surface area contributed by atoms with Gasteiger partial charge in [0.1, 0.15) is 12.7 Å². The molecule has 1 unspecified atom stereocenters. The zero-order chi connectivity index (χ0) is 44.9. The first-order valence-corrected chi connectivity index (χ1v) is 24.9. The number of carbonyl (C=O) groups excluding carboxylic acids is 2. The monoisotopic (exact) mass is 896 g/mol. The van der Waals surface area contributed by atoms with E-state index in [1.807, 2.05) is 6.08 Å². The zero-order valence-corrected chi connectivity index (χ0v) is 38.2. The number of esters is 2. The molecule has 0 aliphatic rings. The molecule has 0 aliphatic carbocycles. The Kier molecular flexibility index (Phi) is 36.3. The summed E-state index contributed by atoms with van der Waals surface area (Å²) in [6, 6.07) is 0. The molecule has 0 heterocycles. The fourth-order valence-corrected chi connectivity index (χ4v) is 6.82. The van der Waals surface area contributed by atoms with Crippen LogP contribution in [0.4, 0.5) is 0 Å². The number of aliphatic hydroxyl groups is 3. The van der Waals surface area contributed by atoms with Gasteiger partial charge in [-0.1, -0.05) is 153 Å². The van der Waals surface area contributed by atoms with Crippen LogP contribution in [0.3, 0.4) is 0 Å². The van der Waals surface area contributed by atoms with Gasteiger partial charge in [-0.05, 0) is 44.4 Å². The SMILES string of the molecule is CCCCC/C=C\C[C@H](O)/C=C/C=C/C=C\[C@H](O)CCCC(=O)O[C@H](COC(=O)CCCCCCCCCCCCCC(C)C)COP(=O)(O)OC[C@@H](O)COP(=O)(O)O. The molecule has 5 atom stereocenters. The number of phosphoric ester groups is 2. The maximum absolute atomic E-state index is 12.7. The Morgan fingerprint density at radius 2 is 1.13 bits per heavy atom. The predicted octanol–water partition coefficient (Wildman–Crippen LogP) is 8.86. The molecule has 0 aromatic carbocycles. The molecular weight excluding hydrogens is 818 g/mol. The van der Waals surface area contributed by atoms with Crippen LogP contribution in [-0.2, 0) is 41.8 Å². The maximum atomic E-state index is 12.7. The number of aliphatic hydroxyl groups excluding tert-OH is 3. The average molecular weight is 897 g/mol. The molecule has 0 amide bonds. The van der Waals surface area contributed by atoms with E-state index in [0.29, 0.717) is 12.8 Å². The summed E-state index contributed by atoms with van der Waals surface area (Å²) in [6.45, 7) is 3.71. The van der Waals surface area contributed by atoms with Crippen molar-refractivity contribution in [2.75, 3.05) is 26.4 Å². The van der Waals surface area contributed by atoms with E-state index in [2.05, 4.69) is 35.9 Å². The molecule has 15 nitrogen and oxygen atoms in total. The predicted molar refractivity (Wildman–Crippen MR) is 233 cm³/mol. The third kappa shape index (κ3) is 41.4. The maximum Gasteiger partial charge on any atom is 0.472 e. The smallest absolute Gasteiger partial charge is 0.462 e. The van der Waals surface area contributed by atoms with Crippen molar-refractivity contribution in [1.29, 1.82) is 0 Å². The largest absolute Gasteiger partial charge is 0.472 e. The summed E-state index contributed by atoms with van der Waals surface area (Å²) >= 11 is 0. The van der Waals surface area contributed by atoms with Crippen LogP contribution in [0, 0.1) is 5.92 Å². The molecule has 0 bridgehead atoms. The Bertz CT molecular complexity index is 1300. The molecule has 6 N–H and O–H groups in total. The molecule has 350 valence electrons. The minimum Gasteiger partial charge on any atom is -0.462 e. The van der Waals surface area contributed by atoms with E-state index in [4.69, 9.17) is 23.8 Å². The lowest BCUT2D eigenvalue weighted by Gasteiger charge is -2.20. The Balaban J connectivity index is 4.78. The van der Waals surface area contributed by atoms with E-state index in [1.165, 1.54) is 57.8 Å². The zero-order valence-electron chi connectivity index (χ0n) is 36.4. The fourth-order valence-electron chi connectivity index (χ4n) is 5.67. The molecule has 17 heteroatoms. The minimum absolute atomic E-state index is 0.129. The van der Waals surface area contributed by atoms with Crippen LogP contribution in [-0.4, -0.2) is 92.8 Å². The third-order valence-electron chi connectivity index (χ3n) is 9.08. The molecule has 0 fully saturated rings. The highest BCUT2D eigenvalue weighted by Gasteiger charge is 2.28. The number of hydrogen-bond donors (Lipinski definition) is 6. The third-order valence-corrected chi connectivity index (χ3v) is 10.5. The van der Waals surface area contributed by atoms with Crippen molar-refractivity contribution in [3.63, 3.8) is 0 Å². The quantitative estimate of drug-likeness (QED) is 0.0111. The lowest BCUT2D eigenvalue weighted by Crippen LogP contribution is -2.30. The van der Waals surface area contributed by atoms with E-state index >= 15 is 0 Å². The van der Waals surface area contributed by atoms with Gasteiger partial charge < -0.3 is 39.5 Å². The standard InChI is InChI=1S/C43H78O15P2/c1-4-5-6-7-16-21-27-38(44)28-22-18-19-23-29-39(45)30-25-32-43(48)58-41(36-57-60(52,53)56-34-40(46)33-55-59(49,50)51)35-54-42(47)31-24-17-14-12-10-8-9-11-13-15-20-26-37(2)3/h16,18-19,21-23,28-29,37-41,44-46H,4-15,17,20,24-27,30-36H2,1-3H3,(H,52,53)(H2,49,50,51)/b19-18+,21-16-,28-22+,29-23-/t38-,39-,40-,41+/m0/s1. The van der Waals surface area contributed by atoms with Gasteiger partial charge in [0.05, 0.1) is 32.0 Å². The van der Waals surface area contributed by atoms with Crippen molar-refractivity contribution in [1.82, 2.24) is 0 Å². The molecule has 0 aliphatic heterocycles. The Labute approximate surface area is 359 Å². The fraction of sp³-hybridized carbons (Fsp3) is 0.767. The summed E-state index contributed by atoms with van der Waals surface area (Å²) in [5.74, 6) is -0.501. The minimum atomic E-state index is -4.89. The topological polar surface area (TPSA) is 236 Å². The summed E-state index contributed by atoms with van der Waals surface area (Å²) in [6.07, 6.45) is 28.9. The Hall–Kier alpha value is -2.00. The first kappa shape index (κ1) is 58.0. The van der Waals surface area contributed by atoms with E-state index in [0.717, 1.165) is 44.4 Å². The van der Waals surface area contributed by atoms with Crippen LogP contribution >= 0.6 is 15.6 Å². The molecule has 0 aromatic rings. The number of ether oxygens (including phenoxy) is 2. The van der Waals surface area contributed by atoms with Crippen LogP contribution in [0.2, 0.25) is 0 Å². The molecule has 0 saturated heterocycles. The van der Waals surface area contributed by atoms with Crippen LogP contribution < -0.4 is 0 Å². The van der Waals surface area contributed by atoms with Crippen molar-refractivity contribution >= 4 is 27.6 Å². The van der Waals surface area contributed by atoms with Gasteiger partial charge in [0.2, 0.25) is 0 Å². The molecule has 60 heavy (non-hydrogen) atoms. The first-order chi connectivity index (χ1) is 28.5. The molecule has 0 aromatic heterocycles. The first-order valence-electron chi connectivity index (χ1n) is 21.9. The van der Waals surface area contributed by atoms with Crippen molar-refractivity contribution in [3.8, 4) is 0 Å². The number of phosphoric acid groups is 2. The van der Waals surface area contributed by atoms with Gasteiger partial charge in [-0.2, -0.15) is 0 Å². The second kappa shape index (κ2) is 37.5. The molecule has 0 rings (SSSR count). The highest BCUT2D eigenvalue weighted by atomic mass is 31.2. The molecule has 0 saturated carbocycles. The van der Waals surface area contributed by atoms with Crippen molar-refractivity contribution in [2.45, 2.75) is 180 Å². The number of carbonyl (C=O) groups is 2. The van der Waals surface area contributed by atoms with Crippen LogP contribution in [0.25, 0.3) is 0 Å². The summed E-state index contributed by atoms with van der Waals surface area (Å²) in [4.78, 5) is 52.7. The number of unbranched alkanes of at least 4 members (excludes halogenated alkanes) is 13. The summed E-state index contributed by atoms with van der Waals surface area (Å²) in [5, 5.41) is 30.1. The summed E-state index contributed by atoms with van der Waals surface area (Å²) in [5.41, 5.74) is 0. The Morgan fingerprint density at radius 3 is 1.73 bits per heavy atom. The van der Waals surface area contributed by atoms with Crippen LogP contribution in [0.5, 0.6) is 0 Å². The second-order valence-electron chi connectivity index (χ2n) is 15.5. The van der Waals surface area contributed by atoms with Gasteiger partial charge in [0.25, 0.3) is 0 Å². The highest BCUT2D eigenvalue weighted by molar-refractivity contribution is 7.47. The van der Waals surface area contributed by atoms with E-state index in [1.54, 1.807) is 36.5 Å². The van der Waals surface area contributed by atoms with Gasteiger partial charge in [0, 0.05) is 12.8 Å². The highest BCUT2D eigenvalue weighted by Crippen LogP contribution is 2.43. The van der Waals surface area contributed by atoms with Gasteiger partial charge in [-0.15, -0.1) is 0 Å². The van der Waals surface area contributed by atoms with Gasteiger partial charge in [0.15, 0.2) is 6.10 Å². The average Bonchev–Trinajstić information content (AvgIpc) is 3.18. The van der Waals surface area contributed by atoms with Crippen molar-refractivity contribution < 1.29 is 71.8 Å². The van der Waals surface area contributed by atoms with Crippen molar-refractivity contribution in [2.24, 2.45) is 5.92 Å². The van der Waals surface area contributed by atoms with E-state index in [9.17, 15) is 38.9 Å². The lowest BCUT2D eigenvalue weighted by molar-refractivity contribution is -0.161. The Morgan fingerprint density at radius 1 is 0.583 bits per heavy atom. The van der Waals surface area contributed by atoms with Crippen LogP contribution in [0.1, 0.15) is 156 Å². The van der Waals surface area contributed by atoms with Crippen LogP contribution in [0.15, 0.2) is 48.6 Å². The van der Waals surface area contributed by atoms with E-state index in [-0.39, 0.29) is 25.7 Å². The summed E-state index contributed by atoms with van der Waals surface area (Å²) < 4.78 is 47.6.